The van der Waals surface area contributed by atoms with E-state index < -0.39 is 0 Å². The Kier molecular flexibility index (Phi) is 5.64. The normalized spacial score (nSPS) is 10.2. The van der Waals surface area contributed by atoms with Gasteiger partial charge in [0.15, 0.2) is 0 Å². The number of rotatable bonds is 4. The molecule has 0 bridgehead atoms. The quantitative estimate of drug-likeness (QED) is 0.802. The topological polar surface area (TPSA) is 45.2 Å². The molecular weight excluding hydrogens is 350 g/mol. The molecule has 1 heterocycles. The van der Waals surface area contributed by atoms with E-state index in [4.69, 9.17) is 0 Å². The van der Waals surface area contributed by atoms with Gasteiger partial charge in [-0.2, -0.15) is 0 Å². The van der Waals surface area contributed by atoms with Gasteiger partial charge in [-0.1, -0.05) is 42.6 Å². The summed E-state index contributed by atoms with van der Waals surface area (Å²) in [7, 11) is 0. The third kappa shape index (κ3) is 5.06. The minimum absolute atomic E-state index is 0.291. The van der Waals surface area contributed by atoms with Gasteiger partial charge in [0, 0.05) is 17.2 Å². The number of nitrogens with zero attached hydrogens (tertiary/aromatic N) is 2. The summed E-state index contributed by atoms with van der Waals surface area (Å²) in [5.74, 6) is 0.498. The second-order valence-corrected chi connectivity index (χ2v) is 6.05. The van der Waals surface area contributed by atoms with Crippen molar-refractivity contribution < 1.29 is 4.79 Å². The van der Waals surface area contributed by atoms with Crippen molar-refractivity contribution in [3.63, 3.8) is 0 Å². The minimum atomic E-state index is -0.291. The number of hydrogen-bond acceptors (Lipinski definition) is 3. The van der Waals surface area contributed by atoms with Crippen LogP contribution in [0.4, 0.5) is 10.6 Å². The molecule has 1 N–H and O–H groups in total. The maximum absolute atomic E-state index is 12.0. The summed E-state index contributed by atoms with van der Waals surface area (Å²) in [6.45, 7) is 2.57. The largest absolute Gasteiger partial charge is 0.332 e. The fourth-order valence-corrected chi connectivity index (χ4v) is 2.10. The van der Waals surface area contributed by atoms with Gasteiger partial charge in [0.2, 0.25) is 0 Å². The van der Waals surface area contributed by atoms with Crippen LogP contribution >= 0.6 is 28.7 Å². The summed E-state index contributed by atoms with van der Waals surface area (Å²) in [6.07, 6.45) is 2.38. The van der Waals surface area contributed by atoms with Gasteiger partial charge in [0.1, 0.15) is 5.82 Å². The molecule has 0 aliphatic carbocycles. The van der Waals surface area contributed by atoms with E-state index in [0.29, 0.717) is 12.4 Å². The molecule has 2 aromatic rings. The number of carbonyl (C=O) groups excluding carboxylic acids is 1. The Hall–Kier alpha value is -1.53. The summed E-state index contributed by atoms with van der Waals surface area (Å²) >= 11 is 7.51. The third-order valence-electron chi connectivity index (χ3n) is 2.93. The van der Waals surface area contributed by atoms with Crippen LogP contribution in [-0.2, 0) is 6.42 Å². The molecule has 0 unspecified atom stereocenters. The molecule has 1 aromatic carbocycles. The molecular formula is C15H16BrN3OS. The Morgan fingerprint density at radius 1 is 1.29 bits per heavy atom. The smallest absolute Gasteiger partial charge is 0.291 e. The van der Waals surface area contributed by atoms with E-state index in [1.165, 1.54) is 15.4 Å². The summed E-state index contributed by atoms with van der Waals surface area (Å²) in [5.41, 5.74) is 2.40. The number of carbonyl (C=O) groups is 1. The van der Waals surface area contributed by atoms with Gasteiger partial charge in [-0.3, -0.25) is 9.62 Å². The Balaban J connectivity index is 1.84. The average Bonchev–Trinajstić information content (AvgIpc) is 2.48. The van der Waals surface area contributed by atoms with Crippen LogP contribution in [0.3, 0.4) is 0 Å². The summed E-state index contributed by atoms with van der Waals surface area (Å²) in [4.78, 5) is 16.0. The molecule has 0 aliphatic heterocycles. The molecule has 2 amide bonds. The average molecular weight is 366 g/mol. The highest BCUT2D eigenvalue weighted by Crippen LogP contribution is 2.12. The van der Waals surface area contributed by atoms with Gasteiger partial charge in [-0.05, 0) is 47.0 Å². The number of thiol groups is 1. The first kappa shape index (κ1) is 15.9. The highest BCUT2D eigenvalue weighted by atomic mass is 79.9. The van der Waals surface area contributed by atoms with Gasteiger partial charge in [0.25, 0.3) is 0 Å². The molecule has 110 valence electrons. The highest BCUT2D eigenvalue weighted by molar-refractivity contribution is 9.10. The second-order valence-electron chi connectivity index (χ2n) is 4.65. The van der Waals surface area contributed by atoms with E-state index in [1.807, 2.05) is 13.0 Å². The zero-order valence-electron chi connectivity index (χ0n) is 11.6. The van der Waals surface area contributed by atoms with Crippen molar-refractivity contribution in [2.75, 3.05) is 11.9 Å². The molecule has 4 nitrogen and oxygen atoms in total. The predicted molar refractivity (Wildman–Crippen MR) is 91.5 cm³/mol. The molecule has 0 fully saturated rings. The van der Waals surface area contributed by atoms with Crippen LogP contribution in [0.2, 0.25) is 0 Å². The Morgan fingerprint density at radius 3 is 2.62 bits per heavy atom. The summed E-state index contributed by atoms with van der Waals surface area (Å²) in [5, 5.41) is 2.69. The first-order valence-corrected chi connectivity index (χ1v) is 7.68. The number of halogens is 1. The number of benzene rings is 1. The molecule has 0 saturated heterocycles. The zero-order valence-corrected chi connectivity index (χ0v) is 14.1. The lowest BCUT2D eigenvalue weighted by Crippen LogP contribution is -2.29. The van der Waals surface area contributed by atoms with Crippen molar-refractivity contribution in [3.05, 3.63) is 58.2 Å². The molecule has 21 heavy (non-hydrogen) atoms. The van der Waals surface area contributed by atoms with Gasteiger partial charge in [-0.25, -0.2) is 9.78 Å². The number of amides is 2. The highest BCUT2D eigenvalue weighted by Gasteiger charge is 2.10. The molecule has 0 aliphatic rings. The van der Waals surface area contributed by atoms with E-state index in [1.54, 1.807) is 12.3 Å². The van der Waals surface area contributed by atoms with Crippen molar-refractivity contribution in [2.45, 2.75) is 13.3 Å². The monoisotopic (exact) mass is 365 g/mol. The Bertz CT molecular complexity index is 601. The number of aryl methyl sites for hydroxylation is 1. The van der Waals surface area contributed by atoms with Crippen molar-refractivity contribution in [1.82, 2.24) is 9.29 Å². The van der Waals surface area contributed by atoms with Crippen LogP contribution in [-0.4, -0.2) is 21.9 Å². The molecule has 6 heteroatoms. The lowest BCUT2D eigenvalue weighted by molar-refractivity contribution is 0.239. The first-order chi connectivity index (χ1) is 10.0. The zero-order chi connectivity index (χ0) is 15.2. The lowest BCUT2D eigenvalue weighted by Gasteiger charge is -2.16. The molecule has 0 atom stereocenters. The summed E-state index contributed by atoms with van der Waals surface area (Å²) in [6, 6.07) is 11.5. The van der Waals surface area contributed by atoms with Crippen molar-refractivity contribution in [1.29, 1.82) is 0 Å². The van der Waals surface area contributed by atoms with Gasteiger partial charge in [0.05, 0.1) is 0 Å². The number of pyridine rings is 1. The van der Waals surface area contributed by atoms with Gasteiger partial charge in [-0.15, -0.1) is 0 Å². The molecule has 1 aromatic heterocycles. The second kappa shape index (κ2) is 7.47. The van der Waals surface area contributed by atoms with E-state index >= 15 is 0 Å². The van der Waals surface area contributed by atoms with Crippen LogP contribution in [0.1, 0.15) is 11.1 Å². The number of urea groups is 1. The van der Waals surface area contributed by atoms with E-state index in [9.17, 15) is 4.79 Å². The standard InChI is InChI=1S/C15H16BrN3OS/c1-11-2-4-12(5-3-11)8-9-19(21)15(20)18-14-7-6-13(16)10-17-14/h2-7,10,21H,8-9H2,1H3,(H,17,18,20). The predicted octanol–water partition coefficient (Wildman–Crippen LogP) is 4.07. The first-order valence-electron chi connectivity index (χ1n) is 6.49. The SMILES string of the molecule is Cc1ccc(CCN(S)C(=O)Nc2ccc(Br)cn2)cc1. The minimum Gasteiger partial charge on any atom is -0.291 e. The van der Waals surface area contributed by atoms with Gasteiger partial charge >= 0.3 is 6.03 Å². The van der Waals surface area contributed by atoms with Crippen LogP contribution in [0.15, 0.2) is 47.1 Å². The fraction of sp³-hybridized carbons (Fsp3) is 0.200. The van der Waals surface area contributed by atoms with E-state index in [2.05, 4.69) is 63.3 Å². The van der Waals surface area contributed by atoms with Gasteiger partial charge < -0.3 is 0 Å². The number of anilines is 1. The molecule has 0 spiro atoms. The Morgan fingerprint density at radius 2 is 2.00 bits per heavy atom. The van der Waals surface area contributed by atoms with E-state index in [0.717, 1.165) is 10.9 Å². The Labute approximate surface area is 138 Å². The summed E-state index contributed by atoms with van der Waals surface area (Å²) < 4.78 is 2.21. The maximum atomic E-state index is 12.0. The van der Waals surface area contributed by atoms with Crippen LogP contribution in [0.25, 0.3) is 0 Å². The van der Waals surface area contributed by atoms with Crippen molar-refractivity contribution >= 4 is 40.6 Å². The van der Waals surface area contributed by atoms with E-state index in [-0.39, 0.29) is 6.03 Å². The fourth-order valence-electron chi connectivity index (χ4n) is 1.72. The van der Waals surface area contributed by atoms with Crippen LogP contribution in [0, 0.1) is 6.92 Å². The lowest BCUT2D eigenvalue weighted by atomic mass is 10.1. The maximum Gasteiger partial charge on any atom is 0.332 e. The molecule has 2 rings (SSSR count). The van der Waals surface area contributed by atoms with Crippen LogP contribution < -0.4 is 5.32 Å². The molecule has 0 saturated carbocycles. The number of nitrogens with one attached hydrogen (secondary N) is 1. The third-order valence-corrected chi connectivity index (χ3v) is 3.78. The molecule has 0 radical (unpaired) electrons. The van der Waals surface area contributed by atoms with Crippen molar-refractivity contribution in [3.8, 4) is 0 Å². The number of hydrogen-bond donors (Lipinski definition) is 2. The number of aromatic nitrogens is 1. The van der Waals surface area contributed by atoms with Crippen LogP contribution in [0.5, 0.6) is 0 Å². The van der Waals surface area contributed by atoms with Crippen molar-refractivity contribution in [2.24, 2.45) is 0 Å².